The van der Waals surface area contributed by atoms with Crippen molar-refractivity contribution in [2.75, 3.05) is 0 Å². The first kappa shape index (κ1) is 14.2. The lowest BCUT2D eigenvalue weighted by molar-refractivity contribution is 0.456. The quantitative estimate of drug-likeness (QED) is 0.531. The lowest BCUT2D eigenvalue weighted by Crippen LogP contribution is -1.99. The Labute approximate surface area is 139 Å². The van der Waals surface area contributed by atoms with Gasteiger partial charge in [-0.15, -0.1) is 23.1 Å². The van der Waals surface area contributed by atoms with Gasteiger partial charge in [0.05, 0.1) is 5.75 Å². The number of thioether (sulfide) groups is 1. The number of hydrogen-bond acceptors (Lipinski definition) is 3. The summed E-state index contributed by atoms with van der Waals surface area (Å²) in [5, 5.41) is 2.16. The molecule has 0 saturated carbocycles. The Morgan fingerprint density at radius 2 is 1.86 bits per heavy atom. The summed E-state index contributed by atoms with van der Waals surface area (Å²) < 4.78 is 6.27. The second kappa shape index (κ2) is 6.35. The van der Waals surface area contributed by atoms with Crippen molar-refractivity contribution in [3.8, 4) is 10.4 Å². The van der Waals surface area contributed by atoms with Crippen molar-refractivity contribution in [1.29, 1.82) is 0 Å². The summed E-state index contributed by atoms with van der Waals surface area (Å²) >= 11 is 3.68. The molecule has 4 rings (SSSR count). The van der Waals surface area contributed by atoms with Gasteiger partial charge >= 0.3 is 0 Å². The average molecular weight is 326 g/mol. The van der Waals surface area contributed by atoms with Crippen molar-refractivity contribution >= 4 is 23.1 Å². The molecule has 1 nitrogen and oxygen atoms in total. The molecule has 1 aliphatic carbocycles. The zero-order valence-electron chi connectivity index (χ0n) is 12.4. The lowest BCUT2D eigenvalue weighted by Gasteiger charge is -2.10. The van der Waals surface area contributed by atoms with Crippen LogP contribution in [0.3, 0.4) is 0 Å². The number of thiophene rings is 1. The van der Waals surface area contributed by atoms with Gasteiger partial charge in [0.25, 0.3) is 0 Å². The Bertz CT molecular complexity index is 741. The number of hydrogen-bond donors (Lipinski definition) is 0. The summed E-state index contributed by atoms with van der Waals surface area (Å²) in [6.45, 7) is 0. The van der Waals surface area contributed by atoms with E-state index in [1.54, 1.807) is 0 Å². The van der Waals surface area contributed by atoms with Gasteiger partial charge in [0.2, 0.25) is 0 Å². The minimum absolute atomic E-state index is 0.907. The molecular formula is C19H18OS2. The molecule has 0 amide bonds. The molecule has 2 heterocycles. The fourth-order valence-electron chi connectivity index (χ4n) is 3.10. The fraction of sp³-hybridized carbons (Fsp3) is 0.263. The molecule has 0 aliphatic heterocycles. The van der Waals surface area contributed by atoms with Crippen LogP contribution in [0.15, 0.2) is 57.2 Å². The third-order valence-corrected chi connectivity index (χ3v) is 6.02. The van der Waals surface area contributed by atoms with Crippen LogP contribution in [0.25, 0.3) is 10.4 Å². The molecule has 0 bridgehead atoms. The first-order valence-electron chi connectivity index (χ1n) is 7.77. The highest BCUT2D eigenvalue weighted by molar-refractivity contribution is 7.98. The van der Waals surface area contributed by atoms with Crippen molar-refractivity contribution in [1.82, 2.24) is 0 Å². The van der Waals surface area contributed by atoms with Crippen LogP contribution in [0.2, 0.25) is 0 Å². The zero-order valence-corrected chi connectivity index (χ0v) is 14.0. The van der Waals surface area contributed by atoms with Gasteiger partial charge in [0, 0.05) is 27.3 Å². The van der Waals surface area contributed by atoms with E-state index in [9.17, 15) is 0 Å². The van der Waals surface area contributed by atoms with E-state index >= 15 is 0 Å². The smallest absolute Gasteiger partial charge is 0.123 e. The normalized spacial score (nSPS) is 14.0. The third kappa shape index (κ3) is 2.75. The van der Waals surface area contributed by atoms with E-state index in [2.05, 4.69) is 47.8 Å². The van der Waals surface area contributed by atoms with E-state index in [1.807, 2.05) is 23.1 Å². The summed E-state index contributed by atoms with van der Waals surface area (Å²) in [6.07, 6.45) is 4.82. The molecule has 22 heavy (non-hydrogen) atoms. The van der Waals surface area contributed by atoms with Crippen LogP contribution in [-0.2, 0) is 18.6 Å². The first-order chi connectivity index (χ1) is 10.9. The van der Waals surface area contributed by atoms with Crippen molar-refractivity contribution in [2.45, 2.75) is 36.3 Å². The Morgan fingerprint density at radius 1 is 1.00 bits per heavy atom. The summed E-state index contributed by atoms with van der Waals surface area (Å²) in [5.41, 5.74) is 2.85. The van der Waals surface area contributed by atoms with Crippen molar-refractivity contribution in [3.63, 3.8) is 0 Å². The number of rotatable bonds is 4. The fourth-order valence-corrected chi connectivity index (χ4v) is 4.76. The molecular weight excluding hydrogens is 308 g/mol. The monoisotopic (exact) mass is 326 g/mol. The number of fused-ring (bicyclic) bond motifs is 1. The highest BCUT2D eigenvalue weighted by Gasteiger charge is 2.24. The summed E-state index contributed by atoms with van der Waals surface area (Å²) in [7, 11) is 0. The predicted octanol–water partition coefficient (Wildman–Crippen LogP) is 6.18. The number of furan rings is 1. The minimum Gasteiger partial charge on any atom is -0.464 e. The summed E-state index contributed by atoms with van der Waals surface area (Å²) in [5.74, 6) is 3.30. The van der Waals surface area contributed by atoms with Crippen LogP contribution in [0.4, 0.5) is 0 Å². The maximum atomic E-state index is 6.27. The molecule has 0 unspecified atom stereocenters. The van der Waals surface area contributed by atoms with Crippen molar-refractivity contribution in [3.05, 3.63) is 64.9 Å². The van der Waals surface area contributed by atoms with Gasteiger partial charge in [-0.2, -0.15) is 0 Å². The van der Waals surface area contributed by atoms with Gasteiger partial charge in [-0.1, -0.05) is 24.3 Å². The maximum absolute atomic E-state index is 6.27. The SMILES string of the molecule is c1ccc(SCc2oc3c(c2-c2cccs2)CCCC3)cc1. The molecule has 0 saturated heterocycles. The number of aryl methyl sites for hydroxylation is 1. The Hall–Kier alpha value is -1.45. The van der Waals surface area contributed by atoms with E-state index in [0.717, 1.165) is 17.9 Å². The van der Waals surface area contributed by atoms with Crippen LogP contribution in [-0.4, -0.2) is 0 Å². The minimum atomic E-state index is 0.907. The predicted molar refractivity (Wildman–Crippen MR) is 94.7 cm³/mol. The van der Waals surface area contributed by atoms with Crippen LogP contribution in [0.1, 0.15) is 29.9 Å². The van der Waals surface area contributed by atoms with Gasteiger partial charge in [-0.3, -0.25) is 0 Å². The Kier molecular flexibility index (Phi) is 4.09. The number of benzene rings is 1. The van der Waals surface area contributed by atoms with E-state index in [0.29, 0.717) is 0 Å². The molecule has 3 heteroatoms. The molecule has 3 aromatic rings. The lowest BCUT2D eigenvalue weighted by atomic mass is 9.94. The molecule has 0 fully saturated rings. The van der Waals surface area contributed by atoms with Crippen molar-refractivity contribution < 1.29 is 4.42 Å². The van der Waals surface area contributed by atoms with Gasteiger partial charge < -0.3 is 4.42 Å². The highest BCUT2D eigenvalue weighted by Crippen LogP contribution is 2.41. The molecule has 1 aliphatic rings. The summed E-state index contributed by atoms with van der Waals surface area (Å²) in [6, 6.07) is 14.9. The van der Waals surface area contributed by atoms with Crippen LogP contribution < -0.4 is 0 Å². The van der Waals surface area contributed by atoms with E-state index < -0.39 is 0 Å². The van der Waals surface area contributed by atoms with Crippen LogP contribution in [0, 0.1) is 0 Å². The third-order valence-electron chi connectivity index (χ3n) is 4.12. The topological polar surface area (TPSA) is 13.1 Å². The largest absolute Gasteiger partial charge is 0.464 e. The van der Waals surface area contributed by atoms with Crippen LogP contribution >= 0.6 is 23.1 Å². The van der Waals surface area contributed by atoms with E-state index in [1.165, 1.54) is 45.9 Å². The van der Waals surface area contributed by atoms with Gasteiger partial charge in [0.15, 0.2) is 0 Å². The van der Waals surface area contributed by atoms with E-state index in [4.69, 9.17) is 4.42 Å². The summed E-state index contributed by atoms with van der Waals surface area (Å²) in [4.78, 5) is 2.66. The molecule has 0 radical (unpaired) electrons. The molecule has 1 aromatic carbocycles. The highest BCUT2D eigenvalue weighted by atomic mass is 32.2. The van der Waals surface area contributed by atoms with Gasteiger partial charge in [-0.25, -0.2) is 0 Å². The van der Waals surface area contributed by atoms with E-state index in [-0.39, 0.29) is 0 Å². The zero-order chi connectivity index (χ0) is 14.8. The van der Waals surface area contributed by atoms with Crippen molar-refractivity contribution in [2.24, 2.45) is 0 Å². The maximum Gasteiger partial charge on any atom is 0.123 e. The van der Waals surface area contributed by atoms with Crippen LogP contribution in [0.5, 0.6) is 0 Å². The van der Waals surface area contributed by atoms with Gasteiger partial charge in [-0.05, 0) is 42.8 Å². The average Bonchev–Trinajstić information content (AvgIpc) is 3.20. The molecule has 0 N–H and O–H groups in total. The van der Waals surface area contributed by atoms with Gasteiger partial charge in [0.1, 0.15) is 11.5 Å². The molecule has 112 valence electrons. The second-order valence-electron chi connectivity index (χ2n) is 5.59. The first-order valence-corrected chi connectivity index (χ1v) is 9.63. The standard InChI is InChI=1S/C19H18OS2/c1-2-7-14(8-3-1)22-13-17-19(18-11-6-12-21-18)15-9-4-5-10-16(15)20-17/h1-3,6-8,11-12H,4-5,9-10,13H2. The molecule has 0 spiro atoms. The molecule has 0 atom stereocenters. The second-order valence-corrected chi connectivity index (χ2v) is 7.58. The Morgan fingerprint density at radius 3 is 2.68 bits per heavy atom. The molecule has 2 aromatic heterocycles. The Balaban J connectivity index is 1.68.